The van der Waals surface area contributed by atoms with Crippen LogP contribution in [0.2, 0.25) is 10.0 Å². The summed E-state index contributed by atoms with van der Waals surface area (Å²) >= 11 is 12.1. The number of halogens is 2. The quantitative estimate of drug-likeness (QED) is 0.502. The predicted octanol–water partition coefficient (Wildman–Crippen LogP) is 5.20. The molecule has 1 N–H and O–H groups in total. The molecule has 168 valence electrons. The molecular weight excluding hydrogens is 445 g/mol. The van der Waals surface area contributed by atoms with Crippen LogP contribution >= 0.6 is 23.2 Å². The summed E-state index contributed by atoms with van der Waals surface area (Å²) in [5.41, 5.74) is 2.72. The average molecular weight is 472 g/mol. The maximum absolute atomic E-state index is 13.4. The van der Waals surface area contributed by atoms with Gasteiger partial charge in [-0.15, -0.1) is 0 Å². The van der Waals surface area contributed by atoms with Crippen LogP contribution in [0.15, 0.2) is 47.3 Å². The van der Waals surface area contributed by atoms with E-state index in [1.165, 1.54) is 0 Å². The van der Waals surface area contributed by atoms with Crippen molar-refractivity contribution in [1.82, 2.24) is 9.88 Å². The largest absolute Gasteiger partial charge is 0.366 e. The van der Waals surface area contributed by atoms with Gasteiger partial charge in [0.15, 0.2) is 0 Å². The average Bonchev–Trinajstić information content (AvgIpc) is 2.81. The number of amides is 1. The summed E-state index contributed by atoms with van der Waals surface area (Å²) < 4.78 is 1.65. The molecule has 2 heterocycles. The van der Waals surface area contributed by atoms with E-state index >= 15 is 0 Å². The number of para-hydroxylation sites is 1. The Morgan fingerprint density at radius 1 is 1.03 bits per heavy atom. The number of hydrogen-bond donors (Lipinski definition) is 1. The highest BCUT2D eigenvalue weighted by atomic mass is 35.5. The monoisotopic (exact) mass is 471 g/mol. The Bertz CT molecular complexity index is 1200. The van der Waals surface area contributed by atoms with Crippen molar-refractivity contribution in [2.75, 3.05) is 24.5 Å². The number of aryl methyl sites for hydroxylation is 2. The highest BCUT2D eigenvalue weighted by Crippen LogP contribution is 2.28. The van der Waals surface area contributed by atoms with Crippen molar-refractivity contribution >= 4 is 45.7 Å². The summed E-state index contributed by atoms with van der Waals surface area (Å²) in [4.78, 5) is 28.8. The molecule has 32 heavy (non-hydrogen) atoms. The number of nitrogens with zero attached hydrogens (tertiary/aromatic N) is 2. The van der Waals surface area contributed by atoms with Gasteiger partial charge in [-0.1, -0.05) is 47.5 Å². The topological polar surface area (TPSA) is 54.3 Å². The lowest BCUT2D eigenvalue weighted by atomic mass is 10.0. The second kappa shape index (κ2) is 9.97. The maximum atomic E-state index is 13.4. The molecule has 4 rings (SSSR count). The van der Waals surface area contributed by atoms with Gasteiger partial charge in [0.2, 0.25) is 0 Å². The van der Waals surface area contributed by atoms with Gasteiger partial charge in [0.1, 0.15) is 5.69 Å². The molecular formula is C25H27Cl2N3O2. The highest BCUT2D eigenvalue weighted by molar-refractivity contribution is 6.42. The Balaban J connectivity index is 1.58. The van der Waals surface area contributed by atoms with Crippen LogP contribution in [-0.4, -0.2) is 30.1 Å². The fourth-order valence-electron chi connectivity index (χ4n) is 4.40. The standard InChI is InChI=1S/C25H27Cl2N3O2/c1-29-21-10-4-3-9-18(21)22(23(25(29)32)30-14-5-2-6-15-30)24(31)28-13-7-8-17-11-12-19(26)20(27)16-17/h3-4,9-12,16H,2,5-8,13-15H2,1H3,(H,28,31). The van der Waals surface area contributed by atoms with Crippen molar-refractivity contribution < 1.29 is 4.79 Å². The van der Waals surface area contributed by atoms with Crippen molar-refractivity contribution in [2.24, 2.45) is 7.05 Å². The normalized spacial score (nSPS) is 14.0. The van der Waals surface area contributed by atoms with Crippen LogP contribution in [0.4, 0.5) is 5.69 Å². The number of fused-ring (bicyclic) bond motifs is 1. The van der Waals surface area contributed by atoms with Crippen molar-refractivity contribution in [1.29, 1.82) is 0 Å². The third-order valence-electron chi connectivity index (χ3n) is 6.09. The zero-order chi connectivity index (χ0) is 22.7. The van der Waals surface area contributed by atoms with E-state index in [0.717, 1.165) is 61.7 Å². The second-order valence-corrected chi connectivity index (χ2v) is 9.07. The van der Waals surface area contributed by atoms with Crippen LogP contribution in [0.25, 0.3) is 10.9 Å². The molecule has 0 atom stereocenters. The minimum atomic E-state index is -0.200. The van der Waals surface area contributed by atoms with E-state index in [1.54, 1.807) is 17.7 Å². The van der Waals surface area contributed by atoms with Gasteiger partial charge in [-0.3, -0.25) is 9.59 Å². The van der Waals surface area contributed by atoms with E-state index in [4.69, 9.17) is 23.2 Å². The first kappa shape index (κ1) is 22.7. The number of pyridine rings is 1. The molecule has 0 aliphatic carbocycles. The fourth-order valence-corrected chi connectivity index (χ4v) is 4.72. The van der Waals surface area contributed by atoms with Gasteiger partial charge in [0.25, 0.3) is 11.5 Å². The number of aromatic nitrogens is 1. The molecule has 1 aliphatic rings. The van der Waals surface area contributed by atoms with Crippen LogP contribution in [-0.2, 0) is 13.5 Å². The number of hydrogen-bond acceptors (Lipinski definition) is 3. The smallest absolute Gasteiger partial charge is 0.275 e. The van der Waals surface area contributed by atoms with Crippen LogP contribution in [0.3, 0.4) is 0 Å². The van der Waals surface area contributed by atoms with E-state index in [-0.39, 0.29) is 11.5 Å². The first-order chi connectivity index (χ1) is 15.5. The molecule has 1 aliphatic heterocycles. The molecule has 0 bridgehead atoms. The zero-order valence-corrected chi connectivity index (χ0v) is 19.7. The van der Waals surface area contributed by atoms with Gasteiger partial charge >= 0.3 is 0 Å². The first-order valence-electron chi connectivity index (χ1n) is 11.1. The van der Waals surface area contributed by atoms with Crippen LogP contribution in [0.5, 0.6) is 0 Å². The summed E-state index contributed by atoms with van der Waals surface area (Å²) in [5.74, 6) is -0.200. The maximum Gasteiger partial charge on any atom is 0.275 e. The van der Waals surface area contributed by atoms with Gasteiger partial charge in [-0.25, -0.2) is 0 Å². The predicted molar refractivity (Wildman–Crippen MR) is 132 cm³/mol. The Hall–Kier alpha value is -2.50. The number of rotatable bonds is 6. The van der Waals surface area contributed by atoms with Gasteiger partial charge < -0.3 is 14.8 Å². The van der Waals surface area contributed by atoms with Gasteiger partial charge in [0, 0.05) is 32.1 Å². The van der Waals surface area contributed by atoms with Gasteiger partial charge in [0.05, 0.1) is 21.1 Å². The van der Waals surface area contributed by atoms with Crippen LogP contribution in [0, 0.1) is 0 Å². The molecule has 5 nitrogen and oxygen atoms in total. The SMILES string of the molecule is Cn1c(=O)c(N2CCCCC2)c(C(=O)NCCCc2ccc(Cl)c(Cl)c2)c2ccccc21. The molecule has 1 aromatic heterocycles. The summed E-state index contributed by atoms with van der Waals surface area (Å²) in [6.07, 6.45) is 4.74. The Labute approximate surface area is 197 Å². The second-order valence-electron chi connectivity index (χ2n) is 8.26. The number of benzene rings is 2. The van der Waals surface area contributed by atoms with E-state index < -0.39 is 0 Å². The van der Waals surface area contributed by atoms with E-state index in [2.05, 4.69) is 10.2 Å². The molecule has 0 spiro atoms. The number of piperidine rings is 1. The molecule has 0 radical (unpaired) electrons. The lowest BCUT2D eigenvalue weighted by Crippen LogP contribution is -2.39. The first-order valence-corrected chi connectivity index (χ1v) is 11.8. The third kappa shape index (κ3) is 4.64. The summed E-state index contributed by atoms with van der Waals surface area (Å²) in [6, 6.07) is 13.2. The molecule has 1 saturated heterocycles. The van der Waals surface area contributed by atoms with E-state index in [0.29, 0.717) is 27.8 Å². The molecule has 3 aromatic rings. The number of carbonyl (C=O) groups excluding carboxylic acids is 1. The minimum Gasteiger partial charge on any atom is -0.366 e. The molecule has 7 heteroatoms. The van der Waals surface area contributed by atoms with E-state index in [9.17, 15) is 9.59 Å². The summed E-state index contributed by atoms with van der Waals surface area (Å²) in [6.45, 7) is 2.10. The third-order valence-corrected chi connectivity index (χ3v) is 6.83. The van der Waals surface area contributed by atoms with Gasteiger partial charge in [-0.2, -0.15) is 0 Å². The van der Waals surface area contributed by atoms with Crippen molar-refractivity contribution in [2.45, 2.75) is 32.1 Å². The van der Waals surface area contributed by atoms with Crippen molar-refractivity contribution in [3.63, 3.8) is 0 Å². The number of carbonyl (C=O) groups is 1. The van der Waals surface area contributed by atoms with Gasteiger partial charge in [-0.05, 0) is 55.9 Å². The minimum absolute atomic E-state index is 0.119. The molecule has 2 aromatic carbocycles. The number of anilines is 1. The van der Waals surface area contributed by atoms with Crippen LogP contribution in [0.1, 0.15) is 41.6 Å². The Morgan fingerprint density at radius 3 is 2.53 bits per heavy atom. The Morgan fingerprint density at radius 2 is 1.78 bits per heavy atom. The van der Waals surface area contributed by atoms with E-state index in [1.807, 2.05) is 36.4 Å². The van der Waals surface area contributed by atoms with Crippen molar-refractivity contribution in [3.8, 4) is 0 Å². The molecule has 0 unspecified atom stereocenters. The summed E-state index contributed by atoms with van der Waals surface area (Å²) in [5, 5.41) is 4.91. The Kier molecular flexibility index (Phi) is 7.07. The molecule has 1 amide bonds. The zero-order valence-electron chi connectivity index (χ0n) is 18.2. The molecule has 1 fully saturated rings. The van der Waals surface area contributed by atoms with Crippen molar-refractivity contribution in [3.05, 3.63) is 74.0 Å². The highest BCUT2D eigenvalue weighted by Gasteiger charge is 2.25. The fraction of sp³-hybridized carbons (Fsp3) is 0.360. The summed E-state index contributed by atoms with van der Waals surface area (Å²) in [7, 11) is 1.77. The number of nitrogens with one attached hydrogen (secondary N) is 1. The lowest BCUT2D eigenvalue weighted by molar-refractivity contribution is 0.0955. The van der Waals surface area contributed by atoms with Crippen LogP contribution < -0.4 is 15.8 Å². The molecule has 0 saturated carbocycles. The lowest BCUT2D eigenvalue weighted by Gasteiger charge is -2.30.